The van der Waals surface area contributed by atoms with E-state index in [0.717, 1.165) is 0 Å². The molecule has 0 aliphatic carbocycles. The first-order chi connectivity index (χ1) is 9.40. The van der Waals surface area contributed by atoms with Gasteiger partial charge in [0.2, 0.25) is 11.7 Å². The van der Waals surface area contributed by atoms with Gasteiger partial charge in [-0.2, -0.15) is 0 Å². The van der Waals surface area contributed by atoms with Crippen LogP contribution in [0.2, 0.25) is 0 Å². The number of nitrogen functional groups attached to an aromatic ring is 1. The number of furan rings is 1. The summed E-state index contributed by atoms with van der Waals surface area (Å²) in [6.45, 7) is 5.68. The maximum absolute atomic E-state index is 10.9. The average molecular weight is 296 g/mol. The van der Waals surface area contributed by atoms with Gasteiger partial charge in [-0.3, -0.25) is 4.57 Å². The SMILES string of the molecule is Cc1cc(CSc2nnc(N)n2C(C)C)oc1C(=O)O. The Bertz CT molecular complexity index is 633. The summed E-state index contributed by atoms with van der Waals surface area (Å²) in [6, 6.07) is 1.87. The van der Waals surface area contributed by atoms with Crippen molar-refractivity contribution < 1.29 is 14.3 Å². The number of hydrogen-bond donors (Lipinski definition) is 2. The molecule has 3 N–H and O–H groups in total. The van der Waals surface area contributed by atoms with Gasteiger partial charge in [-0.05, 0) is 26.8 Å². The first kappa shape index (κ1) is 14.4. The molecule has 0 saturated heterocycles. The molecule has 20 heavy (non-hydrogen) atoms. The van der Waals surface area contributed by atoms with E-state index in [-0.39, 0.29) is 11.8 Å². The van der Waals surface area contributed by atoms with E-state index in [4.69, 9.17) is 15.3 Å². The summed E-state index contributed by atoms with van der Waals surface area (Å²) in [4.78, 5) is 10.9. The summed E-state index contributed by atoms with van der Waals surface area (Å²) in [5.41, 5.74) is 6.36. The molecule has 0 unspecified atom stereocenters. The monoisotopic (exact) mass is 296 g/mol. The molecule has 0 saturated carbocycles. The molecule has 0 radical (unpaired) electrons. The molecular formula is C12H16N4O3S. The summed E-state index contributed by atoms with van der Waals surface area (Å²) < 4.78 is 7.11. The van der Waals surface area contributed by atoms with Crippen molar-refractivity contribution in [2.75, 3.05) is 5.73 Å². The second-order valence-electron chi connectivity index (χ2n) is 4.62. The van der Waals surface area contributed by atoms with Crippen molar-refractivity contribution in [1.29, 1.82) is 0 Å². The molecule has 0 fully saturated rings. The van der Waals surface area contributed by atoms with Gasteiger partial charge in [-0.25, -0.2) is 4.79 Å². The zero-order valence-corrected chi connectivity index (χ0v) is 12.3. The standard InChI is InChI=1S/C12H16N4O3S/c1-6(2)16-11(13)14-15-12(16)20-5-8-4-7(3)9(19-8)10(17)18/h4,6H,5H2,1-3H3,(H2,13,14)(H,17,18). The second kappa shape index (κ2) is 5.58. The number of nitrogens with zero attached hydrogens (tertiary/aromatic N) is 3. The highest BCUT2D eigenvalue weighted by atomic mass is 32.2. The van der Waals surface area contributed by atoms with E-state index in [9.17, 15) is 4.79 Å². The third kappa shape index (κ3) is 2.79. The number of carbonyl (C=O) groups is 1. The molecule has 0 aromatic carbocycles. The van der Waals surface area contributed by atoms with Crippen molar-refractivity contribution in [1.82, 2.24) is 14.8 Å². The summed E-state index contributed by atoms with van der Waals surface area (Å²) >= 11 is 1.41. The zero-order valence-electron chi connectivity index (χ0n) is 11.5. The number of aromatic carboxylic acids is 1. The number of aryl methyl sites for hydroxylation is 1. The van der Waals surface area contributed by atoms with E-state index >= 15 is 0 Å². The van der Waals surface area contributed by atoms with E-state index in [1.54, 1.807) is 13.0 Å². The topological polar surface area (TPSA) is 107 Å². The smallest absolute Gasteiger partial charge is 0.372 e. The van der Waals surface area contributed by atoms with Crippen LogP contribution >= 0.6 is 11.8 Å². The van der Waals surface area contributed by atoms with E-state index in [1.165, 1.54) is 11.8 Å². The van der Waals surface area contributed by atoms with Crippen LogP contribution in [0.25, 0.3) is 0 Å². The van der Waals surface area contributed by atoms with E-state index in [0.29, 0.717) is 28.2 Å². The molecule has 2 heterocycles. The molecule has 8 heteroatoms. The minimum Gasteiger partial charge on any atom is -0.475 e. The number of aromatic nitrogens is 3. The van der Waals surface area contributed by atoms with Crippen LogP contribution in [0, 0.1) is 6.92 Å². The number of thioether (sulfide) groups is 1. The largest absolute Gasteiger partial charge is 0.475 e. The quantitative estimate of drug-likeness (QED) is 0.815. The molecule has 0 bridgehead atoms. The van der Waals surface area contributed by atoms with Gasteiger partial charge in [-0.1, -0.05) is 11.8 Å². The van der Waals surface area contributed by atoms with Gasteiger partial charge in [0.1, 0.15) is 5.76 Å². The fourth-order valence-corrected chi connectivity index (χ4v) is 2.80. The lowest BCUT2D eigenvalue weighted by molar-refractivity contribution is 0.0659. The molecule has 0 amide bonds. The number of nitrogens with two attached hydrogens (primary N) is 1. The minimum atomic E-state index is -1.06. The summed E-state index contributed by atoms with van der Waals surface area (Å²) in [5, 5.41) is 17.5. The van der Waals surface area contributed by atoms with Crippen LogP contribution in [-0.4, -0.2) is 25.8 Å². The number of rotatable bonds is 5. The average Bonchev–Trinajstić information content (AvgIpc) is 2.90. The fraction of sp³-hybridized carbons (Fsp3) is 0.417. The summed E-state index contributed by atoms with van der Waals surface area (Å²) in [5.74, 6) is 0.337. The van der Waals surface area contributed by atoms with Crippen LogP contribution in [0.15, 0.2) is 15.6 Å². The zero-order chi connectivity index (χ0) is 14.9. The fourth-order valence-electron chi connectivity index (χ4n) is 1.84. The molecule has 0 spiro atoms. The van der Waals surface area contributed by atoms with Crippen molar-refractivity contribution in [3.05, 3.63) is 23.2 Å². The highest BCUT2D eigenvalue weighted by molar-refractivity contribution is 7.98. The molecule has 2 aromatic heterocycles. The molecule has 108 valence electrons. The second-order valence-corrected chi connectivity index (χ2v) is 5.57. The van der Waals surface area contributed by atoms with E-state index in [1.807, 2.05) is 18.4 Å². The normalized spacial score (nSPS) is 11.2. The van der Waals surface area contributed by atoms with Crippen molar-refractivity contribution in [2.24, 2.45) is 0 Å². The minimum absolute atomic E-state index is 0.0227. The van der Waals surface area contributed by atoms with Crippen molar-refractivity contribution >= 4 is 23.7 Å². The molecule has 0 atom stereocenters. The molecular weight excluding hydrogens is 280 g/mol. The Kier molecular flexibility index (Phi) is 4.03. The van der Waals surface area contributed by atoms with Crippen LogP contribution in [0.4, 0.5) is 5.95 Å². The van der Waals surface area contributed by atoms with Crippen LogP contribution in [0.3, 0.4) is 0 Å². The summed E-state index contributed by atoms with van der Waals surface area (Å²) in [7, 11) is 0. The van der Waals surface area contributed by atoms with Gasteiger partial charge in [0.05, 0.1) is 5.75 Å². The van der Waals surface area contributed by atoms with Crippen LogP contribution in [-0.2, 0) is 5.75 Å². The Labute approximate surface area is 120 Å². The maximum Gasteiger partial charge on any atom is 0.372 e. The maximum atomic E-state index is 10.9. The van der Waals surface area contributed by atoms with Gasteiger partial charge < -0.3 is 15.3 Å². The van der Waals surface area contributed by atoms with Crippen molar-refractivity contribution in [2.45, 2.75) is 37.7 Å². The van der Waals surface area contributed by atoms with Gasteiger partial charge in [0.25, 0.3) is 0 Å². The van der Waals surface area contributed by atoms with E-state index < -0.39 is 5.97 Å². The third-order valence-corrected chi connectivity index (χ3v) is 3.68. The Hall–Kier alpha value is -1.96. The lowest BCUT2D eigenvalue weighted by Crippen LogP contribution is -2.06. The lowest BCUT2D eigenvalue weighted by atomic mass is 10.3. The molecule has 7 nitrogen and oxygen atoms in total. The molecule has 0 aliphatic rings. The number of carboxylic acids is 1. The Morgan fingerprint density at radius 3 is 2.80 bits per heavy atom. The lowest BCUT2D eigenvalue weighted by Gasteiger charge is -2.10. The van der Waals surface area contributed by atoms with Crippen LogP contribution in [0.5, 0.6) is 0 Å². The van der Waals surface area contributed by atoms with Gasteiger partial charge in [-0.15, -0.1) is 10.2 Å². The van der Waals surface area contributed by atoms with Gasteiger partial charge in [0.15, 0.2) is 5.16 Å². The Morgan fingerprint density at radius 1 is 1.55 bits per heavy atom. The predicted molar refractivity (Wildman–Crippen MR) is 74.8 cm³/mol. The summed E-state index contributed by atoms with van der Waals surface area (Å²) in [6.07, 6.45) is 0. The molecule has 2 aromatic rings. The molecule has 0 aliphatic heterocycles. The van der Waals surface area contributed by atoms with Crippen molar-refractivity contribution in [3.63, 3.8) is 0 Å². The number of hydrogen-bond acceptors (Lipinski definition) is 6. The predicted octanol–water partition coefficient (Wildman–Crippen LogP) is 2.33. The third-order valence-electron chi connectivity index (χ3n) is 2.71. The first-order valence-electron chi connectivity index (χ1n) is 6.06. The number of anilines is 1. The molecule has 2 rings (SSSR count). The highest BCUT2D eigenvalue weighted by Gasteiger charge is 2.17. The van der Waals surface area contributed by atoms with Crippen LogP contribution in [0.1, 0.15) is 41.8 Å². The highest BCUT2D eigenvalue weighted by Crippen LogP contribution is 2.27. The van der Waals surface area contributed by atoms with Crippen LogP contribution < -0.4 is 5.73 Å². The van der Waals surface area contributed by atoms with Crippen molar-refractivity contribution in [3.8, 4) is 0 Å². The van der Waals surface area contributed by atoms with Gasteiger partial charge >= 0.3 is 5.97 Å². The Morgan fingerprint density at radius 2 is 2.25 bits per heavy atom. The van der Waals surface area contributed by atoms with E-state index in [2.05, 4.69) is 10.2 Å². The number of carboxylic acid groups (broad SMARTS) is 1. The Balaban J connectivity index is 2.13. The van der Waals surface area contributed by atoms with Gasteiger partial charge in [0, 0.05) is 11.6 Å². The first-order valence-corrected chi connectivity index (χ1v) is 7.04.